The molecule has 1 fully saturated rings. The van der Waals surface area contributed by atoms with Gasteiger partial charge in [0, 0.05) is 36.0 Å². The molecule has 2 aliphatic heterocycles. The molecule has 4 rings (SSSR count). The molecule has 138 valence electrons. The van der Waals surface area contributed by atoms with Gasteiger partial charge in [0.15, 0.2) is 0 Å². The van der Waals surface area contributed by atoms with Gasteiger partial charge in [-0.05, 0) is 49.2 Å². The second kappa shape index (κ2) is 7.00. The molecule has 1 atom stereocenters. The zero-order valence-corrected chi connectivity index (χ0v) is 16.8. The zero-order chi connectivity index (χ0) is 18.3. The van der Waals surface area contributed by atoms with Gasteiger partial charge in [-0.3, -0.25) is 0 Å². The quantitative estimate of drug-likeness (QED) is 0.690. The highest BCUT2D eigenvalue weighted by molar-refractivity contribution is 7.99. The summed E-state index contributed by atoms with van der Waals surface area (Å²) < 4.78 is 27.8. The molecule has 0 bridgehead atoms. The maximum absolute atomic E-state index is 13.1. The van der Waals surface area contributed by atoms with Crippen molar-refractivity contribution in [3.05, 3.63) is 59.2 Å². The average Bonchev–Trinajstić information content (AvgIpc) is 2.65. The molecule has 2 aromatic rings. The molecular formula is C20H24N2O2S2. The van der Waals surface area contributed by atoms with Gasteiger partial charge in [-0.1, -0.05) is 42.1 Å². The third kappa shape index (κ3) is 3.31. The molecule has 0 radical (unpaired) electrons. The summed E-state index contributed by atoms with van der Waals surface area (Å²) in [6, 6.07) is 14.6. The maximum atomic E-state index is 13.1. The smallest absolute Gasteiger partial charge is 0.220 e. The van der Waals surface area contributed by atoms with E-state index >= 15 is 0 Å². The fourth-order valence-electron chi connectivity index (χ4n) is 3.60. The van der Waals surface area contributed by atoms with Crippen LogP contribution in [0.2, 0.25) is 0 Å². The fraction of sp³-hybridized carbons (Fsp3) is 0.400. The average molecular weight is 389 g/mol. The van der Waals surface area contributed by atoms with Gasteiger partial charge in [0.25, 0.3) is 0 Å². The summed E-state index contributed by atoms with van der Waals surface area (Å²) >= 11 is 1.77. The molecule has 2 aromatic carbocycles. The van der Waals surface area contributed by atoms with Crippen molar-refractivity contribution in [3.8, 4) is 0 Å². The molecule has 4 nitrogen and oxygen atoms in total. The lowest BCUT2D eigenvalue weighted by atomic mass is 10.0. The van der Waals surface area contributed by atoms with E-state index in [4.69, 9.17) is 0 Å². The minimum Gasteiger partial charge on any atom is -0.304 e. The predicted octanol–water partition coefficient (Wildman–Crippen LogP) is 3.38. The molecule has 26 heavy (non-hydrogen) atoms. The van der Waals surface area contributed by atoms with E-state index in [-0.39, 0.29) is 0 Å². The van der Waals surface area contributed by atoms with Crippen LogP contribution in [0.25, 0.3) is 0 Å². The first kappa shape index (κ1) is 18.0. The van der Waals surface area contributed by atoms with Crippen LogP contribution in [0.3, 0.4) is 0 Å². The van der Waals surface area contributed by atoms with Crippen molar-refractivity contribution in [1.29, 1.82) is 0 Å². The third-order valence-electron chi connectivity index (χ3n) is 5.40. The lowest BCUT2D eigenvalue weighted by Crippen LogP contribution is -2.48. The molecule has 1 unspecified atom stereocenters. The standard InChI is InChI=1S/C20H24N2O2S2/c1-15(26(23,24)22-11-9-21(2)10-12-22)16-7-8-20-18(13-16)14-17-5-3-4-6-19(17)25-20/h3-8,13,15H,9-12,14H2,1-2H3. The minimum atomic E-state index is -3.33. The van der Waals surface area contributed by atoms with Crippen LogP contribution < -0.4 is 0 Å². The molecule has 1 saturated heterocycles. The predicted molar refractivity (Wildman–Crippen MR) is 106 cm³/mol. The van der Waals surface area contributed by atoms with Crippen LogP contribution in [0.5, 0.6) is 0 Å². The lowest BCUT2D eigenvalue weighted by molar-refractivity contribution is 0.221. The van der Waals surface area contributed by atoms with Gasteiger partial charge in [0.05, 0.1) is 5.25 Å². The summed E-state index contributed by atoms with van der Waals surface area (Å²) in [5, 5.41) is -0.515. The van der Waals surface area contributed by atoms with Crippen molar-refractivity contribution in [1.82, 2.24) is 9.21 Å². The lowest BCUT2D eigenvalue weighted by Gasteiger charge is -2.33. The van der Waals surface area contributed by atoms with Gasteiger partial charge in [-0.15, -0.1) is 0 Å². The van der Waals surface area contributed by atoms with E-state index in [0.29, 0.717) is 13.1 Å². The number of hydrogen-bond acceptors (Lipinski definition) is 4. The molecule has 2 heterocycles. The Balaban J connectivity index is 1.59. The summed E-state index contributed by atoms with van der Waals surface area (Å²) in [5.41, 5.74) is 3.44. The third-order valence-corrected chi connectivity index (χ3v) is 8.88. The highest BCUT2D eigenvalue weighted by Gasteiger charge is 2.32. The SMILES string of the molecule is CC(c1ccc2c(c1)Cc1ccccc1S2)S(=O)(=O)N1CCN(C)CC1. The molecule has 0 amide bonds. The van der Waals surface area contributed by atoms with E-state index in [1.165, 1.54) is 20.9 Å². The van der Waals surface area contributed by atoms with Crippen molar-refractivity contribution < 1.29 is 8.42 Å². The van der Waals surface area contributed by atoms with E-state index in [1.807, 2.05) is 20.0 Å². The Morgan fingerprint density at radius 3 is 2.42 bits per heavy atom. The number of hydrogen-bond donors (Lipinski definition) is 0. The van der Waals surface area contributed by atoms with E-state index in [2.05, 4.69) is 41.3 Å². The van der Waals surface area contributed by atoms with E-state index in [9.17, 15) is 8.42 Å². The number of piperazine rings is 1. The second-order valence-electron chi connectivity index (χ2n) is 7.14. The van der Waals surface area contributed by atoms with Gasteiger partial charge in [0.1, 0.15) is 0 Å². The number of likely N-dealkylation sites (N-methyl/N-ethyl adjacent to an activating group) is 1. The summed E-state index contributed by atoms with van der Waals surface area (Å²) in [5.74, 6) is 0. The summed E-state index contributed by atoms with van der Waals surface area (Å²) in [7, 11) is -1.29. The monoisotopic (exact) mass is 388 g/mol. The Morgan fingerprint density at radius 2 is 1.65 bits per heavy atom. The first-order valence-electron chi connectivity index (χ1n) is 9.01. The van der Waals surface area contributed by atoms with E-state index in [1.54, 1.807) is 16.1 Å². The number of benzene rings is 2. The van der Waals surface area contributed by atoms with Crippen molar-refractivity contribution >= 4 is 21.8 Å². The maximum Gasteiger partial charge on any atom is 0.220 e. The topological polar surface area (TPSA) is 40.6 Å². The van der Waals surface area contributed by atoms with Gasteiger partial charge in [-0.2, -0.15) is 4.31 Å². The summed E-state index contributed by atoms with van der Waals surface area (Å²) in [6.45, 7) is 4.57. The number of sulfonamides is 1. The van der Waals surface area contributed by atoms with Crippen LogP contribution in [-0.4, -0.2) is 50.8 Å². The first-order valence-corrected chi connectivity index (χ1v) is 11.3. The highest BCUT2D eigenvalue weighted by atomic mass is 32.2. The molecule has 0 aromatic heterocycles. The minimum absolute atomic E-state index is 0.515. The molecular weight excluding hydrogens is 364 g/mol. The summed E-state index contributed by atoms with van der Waals surface area (Å²) in [4.78, 5) is 4.70. The normalized spacial score (nSPS) is 19.6. The molecule has 0 aliphatic carbocycles. The van der Waals surface area contributed by atoms with Crippen LogP contribution in [0.4, 0.5) is 0 Å². The van der Waals surface area contributed by atoms with Crippen molar-refractivity contribution in [2.75, 3.05) is 33.2 Å². The summed E-state index contributed by atoms with van der Waals surface area (Å²) in [6.07, 6.45) is 0.869. The Labute approximate surface area is 160 Å². The Bertz CT molecular complexity index is 919. The van der Waals surface area contributed by atoms with Crippen LogP contribution in [0, 0.1) is 0 Å². The van der Waals surface area contributed by atoms with Crippen molar-refractivity contribution in [2.24, 2.45) is 0 Å². The number of fused-ring (bicyclic) bond motifs is 2. The van der Waals surface area contributed by atoms with Crippen molar-refractivity contribution in [2.45, 2.75) is 28.4 Å². The molecule has 0 saturated carbocycles. The first-order chi connectivity index (χ1) is 12.4. The van der Waals surface area contributed by atoms with Crippen LogP contribution in [0.1, 0.15) is 28.9 Å². The van der Waals surface area contributed by atoms with E-state index in [0.717, 1.165) is 25.1 Å². The van der Waals surface area contributed by atoms with Gasteiger partial charge < -0.3 is 4.90 Å². The van der Waals surface area contributed by atoms with Gasteiger partial charge in [0.2, 0.25) is 10.0 Å². The largest absolute Gasteiger partial charge is 0.304 e. The Morgan fingerprint density at radius 1 is 0.962 bits per heavy atom. The number of rotatable bonds is 3. The van der Waals surface area contributed by atoms with Gasteiger partial charge in [-0.25, -0.2) is 8.42 Å². The molecule has 0 spiro atoms. The van der Waals surface area contributed by atoms with Gasteiger partial charge >= 0.3 is 0 Å². The van der Waals surface area contributed by atoms with Crippen molar-refractivity contribution in [3.63, 3.8) is 0 Å². The molecule has 6 heteroatoms. The van der Waals surface area contributed by atoms with E-state index < -0.39 is 15.3 Å². The van der Waals surface area contributed by atoms with Crippen LogP contribution in [-0.2, 0) is 16.4 Å². The number of nitrogens with zero attached hydrogens (tertiary/aromatic N) is 2. The fourth-order valence-corrected chi connectivity index (χ4v) is 6.26. The van der Waals surface area contributed by atoms with Crippen LogP contribution in [0.15, 0.2) is 52.3 Å². The Hall–Kier alpha value is -1.34. The van der Waals surface area contributed by atoms with Crippen LogP contribution >= 0.6 is 11.8 Å². The molecule has 0 N–H and O–H groups in total. The zero-order valence-electron chi connectivity index (χ0n) is 15.2. The second-order valence-corrected chi connectivity index (χ2v) is 10.5. The Kier molecular flexibility index (Phi) is 4.86. The highest BCUT2D eigenvalue weighted by Crippen LogP contribution is 2.40. The molecule has 2 aliphatic rings.